The number of nitrogens with one attached hydrogen (secondary N) is 1. The van der Waals surface area contributed by atoms with E-state index in [2.05, 4.69) is 10.5 Å². The maximum atomic E-state index is 5.68. The molecule has 6 heteroatoms. The van der Waals surface area contributed by atoms with Crippen LogP contribution in [0.5, 0.6) is 11.5 Å². The van der Waals surface area contributed by atoms with Gasteiger partial charge in [0.05, 0.1) is 31.5 Å². The summed E-state index contributed by atoms with van der Waals surface area (Å²) in [6.45, 7) is 0. The molecule has 0 bridgehead atoms. The standard InChI is InChI=1S/C13H18N4O2/c1-17-8-7-9(16-17)13(15-14)12-10(18-2)5-4-6-11(12)19-3/h4-8,13,15H,14H2,1-3H3. The largest absolute Gasteiger partial charge is 0.496 e. The van der Waals surface area contributed by atoms with Crippen LogP contribution in [0.1, 0.15) is 17.3 Å². The molecule has 0 amide bonds. The second-order valence-electron chi connectivity index (χ2n) is 4.09. The molecular formula is C13H18N4O2. The van der Waals surface area contributed by atoms with Gasteiger partial charge in [-0.05, 0) is 18.2 Å². The fourth-order valence-corrected chi connectivity index (χ4v) is 2.07. The van der Waals surface area contributed by atoms with Crippen LogP contribution < -0.4 is 20.7 Å². The van der Waals surface area contributed by atoms with Gasteiger partial charge < -0.3 is 9.47 Å². The number of benzene rings is 1. The molecule has 0 aliphatic carbocycles. The summed E-state index contributed by atoms with van der Waals surface area (Å²) >= 11 is 0. The SMILES string of the molecule is COc1cccc(OC)c1C(NN)c1ccn(C)n1. The fraction of sp³-hybridized carbons (Fsp3) is 0.308. The van der Waals surface area contributed by atoms with Gasteiger partial charge >= 0.3 is 0 Å². The van der Waals surface area contributed by atoms with Gasteiger partial charge in [0.25, 0.3) is 0 Å². The smallest absolute Gasteiger partial charge is 0.127 e. The lowest BCUT2D eigenvalue weighted by Gasteiger charge is -2.20. The Labute approximate surface area is 112 Å². The molecule has 1 heterocycles. The van der Waals surface area contributed by atoms with Crippen molar-refractivity contribution < 1.29 is 9.47 Å². The average molecular weight is 262 g/mol. The van der Waals surface area contributed by atoms with Crippen LogP contribution in [-0.4, -0.2) is 24.0 Å². The van der Waals surface area contributed by atoms with E-state index < -0.39 is 0 Å². The second kappa shape index (κ2) is 5.73. The van der Waals surface area contributed by atoms with Crippen molar-refractivity contribution in [3.8, 4) is 11.5 Å². The van der Waals surface area contributed by atoms with Gasteiger partial charge in [-0.2, -0.15) is 5.10 Å². The molecule has 1 atom stereocenters. The summed E-state index contributed by atoms with van der Waals surface area (Å²) in [5, 5.41) is 4.37. The van der Waals surface area contributed by atoms with Gasteiger partial charge in [0, 0.05) is 13.2 Å². The molecule has 2 aromatic rings. The topological polar surface area (TPSA) is 74.3 Å². The Morgan fingerprint density at radius 3 is 2.26 bits per heavy atom. The molecule has 0 aliphatic heterocycles. The first-order valence-electron chi connectivity index (χ1n) is 5.87. The Morgan fingerprint density at radius 1 is 1.21 bits per heavy atom. The van der Waals surface area contributed by atoms with E-state index in [-0.39, 0.29) is 6.04 Å². The number of methoxy groups -OCH3 is 2. The molecule has 0 spiro atoms. The molecule has 102 valence electrons. The number of ether oxygens (including phenoxy) is 2. The second-order valence-corrected chi connectivity index (χ2v) is 4.09. The van der Waals surface area contributed by atoms with Crippen molar-refractivity contribution >= 4 is 0 Å². The Morgan fingerprint density at radius 2 is 1.84 bits per heavy atom. The highest BCUT2D eigenvalue weighted by Gasteiger charge is 2.23. The maximum absolute atomic E-state index is 5.68. The molecule has 1 unspecified atom stereocenters. The lowest BCUT2D eigenvalue weighted by Crippen LogP contribution is -2.30. The van der Waals surface area contributed by atoms with Crippen molar-refractivity contribution in [3.63, 3.8) is 0 Å². The lowest BCUT2D eigenvalue weighted by atomic mass is 10.0. The van der Waals surface area contributed by atoms with Gasteiger partial charge in [0.2, 0.25) is 0 Å². The Hall–Kier alpha value is -2.05. The first-order chi connectivity index (χ1) is 9.21. The number of hydrogen-bond donors (Lipinski definition) is 2. The van der Waals surface area contributed by atoms with Gasteiger partial charge in [-0.15, -0.1) is 0 Å². The summed E-state index contributed by atoms with van der Waals surface area (Å²) < 4.78 is 12.5. The summed E-state index contributed by atoms with van der Waals surface area (Å²) in [5.74, 6) is 7.09. The number of nitrogens with two attached hydrogens (primary N) is 1. The molecule has 0 aliphatic rings. The van der Waals surface area contributed by atoms with Crippen molar-refractivity contribution in [2.75, 3.05) is 14.2 Å². The van der Waals surface area contributed by atoms with Crippen LogP contribution >= 0.6 is 0 Å². The highest BCUT2D eigenvalue weighted by Crippen LogP contribution is 2.36. The average Bonchev–Trinajstić information content (AvgIpc) is 2.86. The highest BCUT2D eigenvalue weighted by atomic mass is 16.5. The van der Waals surface area contributed by atoms with Gasteiger partial charge in [-0.1, -0.05) is 6.07 Å². The minimum absolute atomic E-state index is 0.299. The molecule has 1 aromatic heterocycles. The Kier molecular flexibility index (Phi) is 4.03. The number of nitrogens with zero attached hydrogens (tertiary/aromatic N) is 2. The van der Waals surface area contributed by atoms with Gasteiger partial charge in [-0.3, -0.25) is 10.5 Å². The van der Waals surface area contributed by atoms with Crippen LogP contribution in [0.4, 0.5) is 0 Å². The van der Waals surface area contributed by atoms with Gasteiger partial charge in [0.1, 0.15) is 11.5 Å². The van der Waals surface area contributed by atoms with E-state index in [1.807, 2.05) is 37.5 Å². The molecule has 19 heavy (non-hydrogen) atoms. The molecule has 0 fully saturated rings. The van der Waals surface area contributed by atoms with Crippen molar-refractivity contribution in [1.82, 2.24) is 15.2 Å². The van der Waals surface area contributed by atoms with E-state index in [1.165, 1.54) is 0 Å². The number of hydrogen-bond acceptors (Lipinski definition) is 5. The van der Waals surface area contributed by atoms with Crippen molar-refractivity contribution in [3.05, 3.63) is 41.7 Å². The van der Waals surface area contributed by atoms with Crippen LogP contribution in [-0.2, 0) is 7.05 Å². The molecule has 2 rings (SSSR count). The molecule has 0 saturated carbocycles. The van der Waals surface area contributed by atoms with Crippen molar-refractivity contribution in [2.24, 2.45) is 12.9 Å². The minimum Gasteiger partial charge on any atom is -0.496 e. The maximum Gasteiger partial charge on any atom is 0.127 e. The number of aryl methyl sites for hydroxylation is 1. The highest BCUT2D eigenvalue weighted by molar-refractivity contribution is 5.49. The summed E-state index contributed by atoms with van der Waals surface area (Å²) in [5.41, 5.74) is 4.39. The predicted octanol–water partition coefficient (Wildman–Crippen LogP) is 0.990. The number of rotatable bonds is 5. The zero-order valence-corrected chi connectivity index (χ0v) is 11.3. The van der Waals surface area contributed by atoms with E-state index >= 15 is 0 Å². The predicted molar refractivity (Wildman–Crippen MR) is 71.9 cm³/mol. The van der Waals surface area contributed by atoms with Crippen LogP contribution in [0.2, 0.25) is 0 Å². The summed E-state index contributed by atoms with van der Waals surface area (Å²) in [6, 6.07) is 7.20. The first kappa shape index (κ1) is 13.4. The van der Waals surface area contributed by atoms with E-state index in [0.29, 0.717) is 11.5 Å². The van der Waals surface area contributed by atoms with Crippen LogP contribution in [0, 0.1) is 0 Å². The summed E-state index contributed by atoms with van der Waals surface area (Å²) in [6.07, 6.45) is 1.86. The van der Waals surface area contributed by atoms with Crippen molar-refractivity contribution in [2.45, 2.75) is 6.04 Å². The summed E-state index contributed by atoms with van der Waals surface area (Å²) in [4.78, 5) is 0. The lowest BCUT2D eigenvalue weighted by molar-refractivity contribution is 0.376. The van der Waals surface area contributed by atoms with Crippen LogP contribution in [0.25, 0.3) is 0 Å². The Bertz CT molecular complexity index is 531. The van der Waals surface area contributed by atoms with E-state index in [4.69, 9.17) is 15.3 Å². The third-order valence-corrected chi connectivity index (χ3v) is 2.95. The fourth-order valence-electron chi connectivity index (χ4n) is 2.07. The van der Waals surface area contributed by atoms with E-state index in [0.717, 1.165) is 11.3 Å². The molecule has 0 saturated heterocycles. The first-order valence-corrected chi connectivity index (χ1v) is 5.87. The normalized spacial score (nSPS) is 12.2. The molecule has 6 nitrogen and oxygen atoms in total. The van der Waals surface area contributed by atoms with Gasteiger partial charge in [-0.25, -0.2) is 5.43 Å². The van der Waals surface area contributed by atoms with E-state index in [1.54, 1.807) is 18.9 Å². The molecule has 3 N–H and O–H groups in total. The third kappa shape index (κ3) is 2.54. The van der Waals surface area contributed by atoms with Crippen LogP contribution in [0.3, 0.4) is 0 Å². The third-order valence-electron chi connectivity index (χ3n) is 2.95. The quantitative estimate of drug-likeness (QED) is 0.621. The zero-order valence-electron chi connectivity index (χ0n) is 11.3. The number of hydrazine groups is 1. The monoisotopic (exact) mass is 262 g/mol. The van der Waals surface area contributed by atoms with Crippen LogP contribution in [0.15, 0.2) is 30.5 Å². The minimum atomic E-state index is -0.299. The molecule has 1 aromatic carbocycles. The number of aromatic nitrogens is 2. The van der Waals surface area contributed by atoms with Gasteiger partial charge in [0.15, 0.2) is 0 Å². The summed E-state index contributed by atoms with van der Waals surface area (Å²) in [7, 11) is 5.09. The Balaban J connectivity index is 2.53. The zero-order chi connectivity index (χ0) is 13.8. The van der Waals surface area contributed by atoms with E-state index in [9.17, 15) is 0 Å². The van der Waals surface area contributed by atoms with Crippen molar-refractivity contribution in [1.29, 1.82) is 0 Å². The molecule has 0 radical (unpaired) electrons. The molecular weight excluding hydrogens is 244 g/mol.